The summed E-state index contributed by atoms with van der Waals surface area (Å²) in [4.78, 5) is 12.4. The molecule has 0 aliphatic rings. The molecule has 0 unspecified atom stereocenters. The molecule has 0 saturated heterocycles. The van der Waals surface area contributed by atoms with Gasteiger partial charge in [0.1, 0.15) is 5.75 Å². The summed E-state index contributed by atoms with van der Waals surface area (Å²) < 4.78 is 7.02. The number of para-hydroxylation sites is 1. The number of rotatable bonds is 5. The Hall–Kier alpha value is -3.08. The van der Waals surface area contributed by atoms with Gasteiger partial charge in [0.25, 0.3) is 5.91 Å². The van der Waals surface area contributed by atoms with Crippen LogP contribution in [0.5, 0.6) is 5.75 Å². The number of aromatic nitrogens is 2. The van der Waals surface area contributed by atoms with Crippen LogP contribution in [0.1, 0.15) is 21.5 Å². The topological polar surface area (TPSA) is 56.1 Å². The number of benzene rings is 2. The molecule has 2 aromatic carbocycles. The molecular weight excluding hydrogens is 302 g/mol. The molecule has 3 aromatic rings. The second-order valence-corrected chi connectivity index (χ2v) is 5.57. The van der Waals surface area contributed by atoms with E-state index in [0.29, 0.717) is 23.5 Å². The zero-order chi connectivity index (χ0) is 16.9. The molecule has 0 spiro atoms. The molecule has 1 heterocycles. The molecule has 24 heavy (non-hydrogen) atoms. The number of hydrogen-bond donors (Lipinski definition) is 1. The summed E-state index contributed by atoms with van der Waals surface area (Å²) in [6.07, 6.45) is 3.46. The second kappa shape index (κ2) is 7.00. The average molecular weight is 321 g/mol. The van der Waals surface area contributed by atoms with Gasteiger partial charge in [-0.1, -0.05) is 42.0 Å². The van der Waals surface area contributed by atoms with E-state index in [9.17, 15) is 4.79 Å². The van der Waals surface area contributed by atoms with Crippen LogP contribution >= 0.6 is 0 Å². The van der Waals surface area contributed by atoms with Gasteiger partial charge in [0, 0.05) is 6.20 Å². The third-order valence-corrected chi connectivity index (χ3v) is 3.67. The van der Waals surface area contributed by atoms with E-state index in [4.69, 9.17) is 4.74 Å². The van der Waals surface area contributed by atoms with Crippen molar-refractivity contribution < 1.29 is 9.53 Å². The van der Waals surface area contributed by atoms with Crippen molar-refractivity contribution in [1.82, 2.24) is 9.78 Å². The highest BCUT2D eigenvalue weighted by Crippen LogP contribution is 2.19. The molecule has 3 rings (SSSR count). The molecule has 5 heteroatoms. The van der Waals surface area contributed by atoms with Crippen molar-refractivity contribution in [3.05, 3.63) is 77.6 Å². The maximum Gasteiger partial charge on any atom is 0.259 e. The van der Waals surface area contributed by atoms with Crippen LogP contribution in [-0.4, -0.2) is 22.8 Å². The fraction of sp³-hybridized carbons (Fsp3) is 0.158. The predicted molar refractivity (Wildman–Crippen MR) is 93.5 cm³/mol. The number of hydrogen-bond acceptors (Lipinski definition) is 3. The summed E-state index contributed by atoms with van der Waals surface area (Å²) in [5.74, 6) is 0.324. The second-order valence-electron chi connectivity index (χ2n) is 5.57. The fourth-order valence-electron chi connectivity index (χ4n) is 2.54. The highest BCUT2D eigenvalue weighted by Gasteiger charge is 2.12. The number of carbonyl (C=O) groups is 1. The van der Waals surface area contributed by atoms with Gasteiger partial charge >= 0.3 is 0 Å². The SMILES string of the molecule is COc1ccccc1C(=O)Nc1cnn(Cc2cccc(C)c2)c1. The highest BCUT2D eigenvalue weighted by molar-refractivity contribution is 6.06. The number of methoxy groups -OCH3 is 1. The normalized spacial score (nSPS) is 10.4. The summed E-state index contributed by atoms with van der Waals surface area (Å²) in [5.41, 5.74) is 3.52. The van der Waals surface area contributed by atoms with Crippen molar-refractivity contribution in [2.45, 2.75) is 13.5 Å². The lowest BCUT2D eigenvalue weighted by Crippen LogP contribution is -2.12. The first kappa shape index (κ1) is 15.8. The number of carbonyl (C=O) groups excluding carboxylic acids is 1. The van der Waals surface area contributed by atoms with Crippen LogP contribution < -0.4 is 10.1 Å². The Morgan fingerprint density at radius 3 is 2.83 bits per heavy atom. The minimum Gasteiger partial charge on any atom is -0.496 e. The van der Waals surface area contributed by atoms with E-state index in [0.717, 1.165) is 0 Å². The number of aryl methyl sites for hydroxylation is 1. The average Bonchev–Trinajstić information content (AvgIpc) is 3.01. The summed E-state index contributed by atoms with van der Waals surface area (Å²) in [6.45, 7) is 2.72. The quantitative estimate of drug-likeness (QED) is 0.782. The van der Waals surface area contributed by atoms with Gasteiger partial charge < -0.3 is 10.1 Å². The van der Waals surface area contributed by atoms with Crippen LogP contribution in [0, 0.1) is 6.92 Å². The molecule has 122 valence electrons. The maximum absolute atomic E-state index is 12.4. The van der Waals surface area contributed by atoms with Crippen molar-refractivity contribution in [2.24, 2.45) is 0 Å². The Balaban J connectivity index is 1.71. The van der Waals surface area contributed by atoms with Crippen molar-refractivity contribution in [1.29, 1.82) is 0 Å². The highest BCUT2D eigenvalue weighted by atomic mass is 16.5. The van der Waals surface area contributed by atoms with Crippen LogP contribution in [-0.2, 0) is 6.54 Å². The van der Waals surface area contributed by atoms with E-state index in [2.05, 4.69) is 35.5 Å². The van der Waals surface area contributed by atoms with Crippen LogP contribution in [0.3, 0.4) is 0 Å². The smallest absolute Gasteiger partial charge is 0.259 e. The Morgan fingerprint density at radius 2 is 2.04 bits per heavy atom. The zero-order valence-corrected chi connectivity index (χ0v) is 13.7. The standard InChI is InChI=1S/C19H19N3O2/c1-14-6-5-7-15(10-14)12-22-13-16(11-20-22)21-19(23)17-8-3-4-9-18(17)24-2/h3-11,13H,12H2,1-2H3,(H,21,23). The number of anilines is 1. The van der Waals surface area contributed by atoms with Gasteiger partial charge in [-0.05, 0) is 24.6 Å². The molecule has 0 aliphatic heterocycles. The maximum atomic E-state index is 12.4. The minimum absolute atomic E-state index is 0.220. The third kappa shape index (κ3) is 3.63. The summed E-state index contributed by atoms with van der Waals surface area (Å²) >= 11 is 0. The summed E-state index contributed by atoms with van der Waals surface area (Å²) in [7, 11) is 1.55. The number of ether oxygens (including phenoxy) is 1. The number of nitrogens with zero attached hydrogens (tertiary/aromatic N) is 2. The number of amides is 1. The summed E-state index contributed by atoms with van der Waals surface area (Å²) in [5, 5.41) is 7.15. The lowest BCUT2D eigenvalue weighted by Gasteiger charge is -2.07. The molecule has 0 fully saturated rings. The van der Waals surface area contributed by atoms with Gasteiger partial charge in [0.15, 0.2) is 0 Å². The Labute approximate surface area is 140 Å². The van der Waals surface area contributed by atoms with Gasteiger partial charge in [-0.15, -0.1) is 0 Å². The van der Waals surface area contributed by atoms with Crippen LogP contribution in [0.15, 0.2) is 60.9 Å². The van der Waals surface area contributed by atoms with E-state index in [-0.39, 0.29) is 5.91 Å². The van der Waals surface area contributed by atoms with Crippen molar-refractivity contribution in [3.63, 3.8) is 0 Å². The Kier molecular flexibility index (Phi) is 4.61. The molecule has 0 bridgehead atoms. The molecular formula is C19H19N3O2. The first-order chi connectivity index (χ1) is 11.7. The first-order valence-corrected chi connectivity index (χ1v) is 7.68. The molecule has 1 N–H and O–H groups in total. The Bertz CT molecular complexity index is 855. The molecule has 0 aliphatic carbocycles. The van der Waals surface area contributed by atoms with Crippen LogP contribution in [0.2, 0.25) is 0 Å². The van der Waals surface area contributed by atoms with Gasteiger partial charge in [0.05, 0.1) is 31.1 Å². The van der Waals surface area contributed by atoms with Crippen molar-refractivity contribution >= 4 is 11.6 Å². The van der Waals surface area contributed by atoms with Gasteiger partial charge in [-0.3, -0.25) is 9.48 Å². The zero-order valence-electron chi connectivity index (χ0n) is 13.7. The monoisotopic (exact) mass is 321 g/mol. The lowest BCUT2D eigenvalue weighted by atomic mass is 10.1. The largest absolute Gasteiger partial charge is 0.496 e. The van der Waals surface area contributed by atoms with Crippen molar-refractivity contribution in [2.75, 3.05) is 12.4 Å². The van der Waals surface area contributed by atoms with Crippen molar-refractivity contribution in [3.8, 4) is 5.75 Å². The van der Waals surface area contributed by atoms with Crippen LogP contribution in [0.25, 0.3) is 0 Å². The fourth-order valence-corrected chi connectivity index (χ4v) is 2.54. The Morgan fingerprint density at radius 1 is 1.21 bits per heavy atom. The lowest BCUT2D eigenvalue weighted by molar-refractivity contribution is 0.102. The van der Waals surface area contributed by atoms with Gasteiger partial charge in [0.2, 0.25) is 0 Å². The minimum atomic E-state index is -0.220. The predicted octanol–water partition coefficient (Wildman–Crippen LogP) is 3.50. The molecule has 0 saturated carbocycles. The van der Waals surface area contributed by atoms with Gasteiger partial charge in [-0.25, -0.2) is 0 Å². The molecule has 0 radical (unpaired) electrons. The van der Waals surface area contributed by atoms with Gasteiger partial charge in [-0.2, -0.15) is 5.10 Å². The molecule has 1 amide bonds. The summed E-state index contributed by atoms with van der Waals surface area (Å²) in [6, 6.07) is 15.4. The van der Waals surface area contributed by atoms with Crippen LogP contribution in [0.4, 0.5) is 5.69 Å². The first-order valence-electron chi connectivity index (χ1n) is 7.68. The van der Waals surface area contributed by atoms with E-state index in [1.807, 2.05) is 18.3 Å². The van der Waals surface area contributed by atoms with E-state index >= 15 is 0 Å². The molecule has 0 atom stereocenters. The van der Waals surface area contributed by atoms with E-state index in [1.54, 1.807) is 36.2 Å². The molecule has 1 aromatic heterocycles. The van der Waals surface area contributed by atoms with E-state index in [1.165, 1.54) is 11.1 Å². The van der Waals surface area contributed by atoms with E-state index < -0.39 is 0 Å². The molecule has 5 nitrogen and oxygen atoms in total. The number of nitrogens with one attached hydrogen (secondary N) is 1. The third-order valence-electron chi connectivity index (χ3n) is 3.67.